The molecule has 3 atom stereocenters. The molecule has 0 aliphatic carbocycles. The van der Waals surface area contributed by atoms with Gasteiger partial charge in [0.05, 0.1) is 13.0 Å². The van der Waals surface area contributed by atoms with Gasteiger partial charge in [0.15, 0.2) is 0 Å². The van der Waals surface area contributed by atoms with Gasteiger partial charge in [0, 0.05) is 0 Å². The topological polar surface area (TPSA) is 47.9 Å². The van der Waals surface area contributed by atoms with E-state index in [2.05, 4.69) is 9.73 Å². The summed E-state index contributed by atoms with van der Waals surface area (Å²) in [5.74, 6) is -0.787. The van der Waals surface area contributed by atoms with Crippen LogP contribution < -0.4 is 0 Å². The molecule has 1 aliphatic heterocycles. The van der Waals surface area contributed by atoms with Gasteiger partial charge in [0.25, 0.3) is 3.79 Å². The second-order valence-electron chi connectivity index (χ2n) is 3.56. The lowest BCUT2D eigenvalue weighted by molar-refractivity contribution is -0.146. The standard InChI is InChI=1S/C9H12Cl3NO3/c1-4(7(14)15-3)6-5(2)16-8(13-6)9(10,11)12/h4-6H,1-3H3. The average molecular weight is 289 g/mol. The molecule has 0 aromatic heterocycles. The first-order valence-electron chi connectivity index (χ1n) is 4.67. The molecule has 7 heteroatoms. The van der Waals surface area contributed by atoms with Crippen LogP contribution in [-0.4, -0.2) is 34.9 Å². The van der Waals surface area contributed by atoms with E-state index in [1.54, 1.807) is 13.8 Å². The van der Waals surface area contributed by atoms with E-state index in [1.807, 2.05) is 0 Å². The van der Waals surface area contributed by atoms with Crippen LogP contribution in [0.15, 0.2) is 4.99 Å². The molecule has 0 N–H and O–H groups in total. The van der Waals surface area contributed by atoms with Crippen molar-refractivity contribution < 1.29 is 14.3 Å². The number of ether oxygens (including phenoxy) is 2. The van der Waals surface area contributed by atoms with Crippen molar-refractivity contribution in [3.05, 3.63) is 0 Å². The number of hydrogen-bond acceptors (Lipinski definition) is 4. The maximum absolute atomic E-state index is 11.4. The summed E-state index contributed by atoms with van der Waals surface area (Å²) in [5, 5.41) is 0. The maximum Gasteiger partial charge on any atom is 0.310 e. The smallest absolute Gasteiger partial charge is 0.310 e. The average Bonchev–Trinajstić information content (AvgIpc) is 2.57. The second kappa shape index (κ2) is 4.98. The molecule has 0 spiro atoms. The fourth-order valence-corrected chi connectivity index (χ4v) is 1.78. The zero-order valence-corrected chi connectivity index (χ0v) is 11.3. The predicted molar refractivity (Wildman–Crippen MR) is 63.2 cm³/mol. The van der Waals surface area contributed by atoms with Gasteiger partial charge in [-0.1, -0.05) is 34.8 Å². The summed E-state index contributed by atoms with van der Waals surface area (Å²) in [4.78, 5) is 15.5. The van der Waals surface area contributed by atoms with Gasteiger partial charge in [0.1, 0.15) is 12.1 Å². The molecule has 0 aromatic carbocycles. The first-order chi connectivity index (χ1) is 7.27. The normalized spacial score (nSPS) is 27.0. The molecule has 0 saturated heterocycles. The molecule has 0 bridgehead atoms. The highest BCUT2D eigenvalue weighted by Gasteiger charge is 2.42. The lowest BCUT2D eigenvalue weighted by Gasteiger charge is -2.17. The van der Waals surface area contributed by atoms with Crippen molar-refractivity contribution in [3.63, 3.8) is 0 Å². The van der Waals surface area contributed by atoms with Gasteiger partial charge in [-0.15, -0.1) is 0 Å². The third kappa shape index (κ3) is 2.93. The Labute approximate surface area is 109 Å². The van der Waals surface area contributed by atoms with Crippen LogP contribution in [0.2, 0.25) is 0 Å². The van der Waals surface area contributed by atoms with Crippen molar-refractivity contribution in [2.45, 2.75) is 29.8 Å². The van der Waals surface area contributed by atoms with E-state index >= 15 is 0 Å². The quantitative estimate of drug-likeness (QED) is 0.579. The first kappa shape index (κ1) is 13.9. The van der Waals surface area contributed by atoms with E-state index < -0.39 is 15.8 Å². The first-order valence-corrected chi connectivity index (χ1v) is 5.80. The Hall–Kier alpha value is -0.190. The van der Waals surface area contributed by atoms with E-state index in [4.69, 9.17) is 39.5 Å². The van der Waals surface area contributed by atoms with Gasteiger partial charge in [-0.25, -0.2) is 4.99 Å². The number of nitrogens with zero attached hydrogens (tertiary/aromatic N) is 1. The van der Waals surface area contributed by atoms with Crippen molar-refractivity contribution in [2.24, 2.45) is 10.9 Å². The summed E-state index contributed by atoms with van der Waals surface area (Å²) in [6, 6.07) is -0.391. The summed E-state index contributed by atoms with van der Waals surface area (Å²) in [7, 11) is 1.32. The summed E-state index contributed by atoms with van der Waals surface area (Å²) in [5.41, 5.74) is 0. The van der Waals surface area contributed by atoms with Gasteiger partial charge in [-0.3, -0.25) is 4.79 Å². The Bertz CT molecular complexity index is 314. The maximum atomic E-state index is 11.4. The molecule has 1 rings (SSSR count). The number of halogens is 3. The van der Waals surface area contributed by atoms with E-state index in [0.29, 0.717) is 0 Å². The summed E-state index contributed by atoms with van der Waals surface area (Å²) >= 11 is 16.9. The minimum absolute atomic E-state index is 0.0192. The highest BCUT2D eigenvalue weighted by Crippen LogP contribution is 2.34. The minimum Gasteiger partial charge on any atom is -0.473 e. The van der Waals surface area contributed by atoms with Crippen LogP contribution in [0.4, 0.5) is 0 Å². The van der Waals surface area contributed by atoms with Gasteiger partial charge >= 0.3 is 5.97 Å². The molecule has 0 aromatic rings. The Kier molecular flexibility index (Phi) is 4.32. The number of carbonyl (C=O) groups is 1. The molecule has 1 aliphatic rings. The number of alkyl halides is 3. The van der Waals surface area contributed by atoms with Crippen LogP contribution >= 0.6 is 34.8 Å². The molecule has 0 saturated carbocycles. The fourth-order valence-electron chi connectivity index (χ4n) is 1.50. The SMILES string of the molecule is COC(=O)C(C)C1N=C(C(Cl)(Cl)Cl)OC1C. The zero-order valence-electron chi connectivity index (χ0n) is 9.04. The predicted octanol–water partition coefficient (Wildman–Crippen LogP) is 2.35. The van der Waals surface area contributed by atoms with Crippen molar-refractivity contribution in [2.75, 3.05) is 7.11 Å². The molecule has 92 valence electrons. The minimum atomic E-state index is -1.70. The number of aliphatic imine (C=N–C) groups is 1. The molecule has 0 amide bonds. The number of methoxy groups -OCH3 is 1. The molecule has 16 heavy (non-hydrogen) atoms. The van der Waals surface area contributed by atoms with Crippen LogP contribution in [0, 0.1) is 5.92 Å². The molecule has 0 fully saturated rings. The van der Waals surface area contributed by atoms with E-state index in [9.17, 15) is 4.79 Å². The van der Waals surface area contributed by atoms with Crippen LogP contribution in [-0.2, 0) is 14.3 Å². The van der Waals surface area contributed by atoms with Gasteiger partial charge in [0.2, 0.25) is 5.90 Å². The second-order valence-corrected chi connectivity index (χ2v) is 5.84. The molecule has 3 unspecified atom stereocenters. The third-order valence-electron chi connectivity index (χ3n) is 2.37. The van der Waals surface area contributed by atoms with Gasteiger partial charge in [-0.05, 0) is 13.8 Å². The van der Waals surface area contributed by atoms with Crippen LogP contribution in [0.25, 0.3) is 0 Å². The Morgan fingerprint density at radius 2 is 2.12 bits per heavy atom. The zero-order chi connectivity index (χ0) is 12.5. The fraction of sp³-hybridized carbons (Fsp3) is 0.778. The summed E-state index contributed by atoms with van der Waals surface area (Å²) in [6.07, 6.45) is -0.320. The van der Waals surface area contributed by atoms with Crippen molar-refractivity contribution in [1.82, 2.24) is 0 Å². The summed E-state index contributed by atoms with van der Waals surface area (Å²) in [6.45, 7) is 3.46. The monoisotopic (exact) mass is 287 g/mol. The van der Waals surface area contributed by atoms with Crippen LogP contribution in [0.5, 0.6) is 0 Å². The largest absolute Gasteiger partial charge is 0.473 e. The lowest BCUT2D eigenvalue weighted by atomic mass is 9.99. The van der Waals surface area contributed by atoms with E-state index in [-0.39, 0.29) is 18.0 Å². The Balaban J connectivity index is 2.83. The Morgan fingerprint density at radius 1 is 1.56 bits per heavy atom. The Morgan fingerprint density at radius 3 is 2.50 bits per heavy atom. The molecular formula is C9H12Cl3NO3. The molecule has 1 heterocycles. The summed E-state index contributed by atoms with van der Waals surface area (Å²) < 4.78 is 8.24. The van der Waals surface area contributed by atoms with E-state index in [0.717, 1.165) is 0 Å². The lowest BCUT2D eigenvalue weighted by Crippen LogP contribution is -2.32. The molecular weight excluding hydrogens is 276 g/mol. The van der Waals surface area contributed by atoms with Crippen LogP contribution in [0.3, 0.4) is 0 Å². The van der Waals surface area contributed by atoms with Crippen LogP contribution in [0.1, 0.15) is 13.8 Å². The van der Waals surface area contributed by atoms with Gasteiger partial charge < -0.3 is 9.47 Å². The van der Waals surface area contributed by atoms with Crippen molar-refractivity contribution >= 4 is 46.7 Å². The van der Waals surface area contributed by atoms with Crippen molar-refractivity contribution in [3.8, 4) is 0 Å². The number of rotatable bonds is 2. The molecule has 0 radical (unpaired) electrons. The number of esters is 1. The third-order valence-corrected chi connectivity index (χ3v) is 2.86. The number of carbonyl (C=O) groups excluding carboxylic acids is 1. The van der Waals surface area contributed by atoms with Gasteiger partial charge in [-0.2, -0.15) is 0 Å². The molecule has 4 nitrogen and oxygen atoms in total. The highest BCUT2D eigenvalue weighted by atomic mass is 35.6. The van der Waals surface area contributed by atoms with E-state index in [1.165, 1.54) is 7.11 Å². The van der Waals surface area contributed by atoms with Crippen molar-refractivity contribution in [1.29, 1.82) is 0 Å². The number of hydrogen-bond donors (Lipinski definition) is 0. The highest BCUT2D eigenvalue weighted by molar-refractivity contribution is 6.76.